The normalized spacial score (nSPS) is 14.3. The largest absolute Gasteiger partial charge is 0.496 e. The van der Waals surface area contributed by atoms with Gasteiger partial charge < -0.3 is 19.5 Å². The molecule has 0 radical (unpaired) electrons. The van der Waals surface area contributed by atoms with Crippen LogP contribution in [-0.4, -0.2) is 24.7 Å². The first-order valence-electron chi connectivity index (χ1n) is 10.7. The molecule has 0 spiro atoms. The molecule has 1 aliphatic heterocycles. The second kappa shape index (κ2) is 11.1. The Morgan fingerprint density at radius 3 is 2.57 bits per heavy atom. The number of nitrogens with zero attached hydrogens (tertiary/aromatic N) is 1. The lowest BCUT2D eigenvalue weighted by Gasteiger charge is -2.18. The molecule has 1 heterocycles. The van der Waals surface area contributed by atoms with Gasteiger partial charge in [0.05, 0.1) is 23.9 Å². The summed E-state index contributed by atoms with van der Waals surface area (Å²) >= 11 is 14.9. The van der Waals surface area contributed by atoms with Gasteiger partial charge in [0, 0.05) is 10.6 Å². The quantitative estimate of drug-likeness (QED) is 0.250. The second-order valence-electron chi connectivity index (χ2n) is 7.46. The number of ether oxygens (including phenoxy) is 3. The van der Waals surface area contributed by atoms with E-state index in [4.69, 9.17) is 38.0 Å². The van der Waals surface area contributed by atoms with Gasteiger partial charge in [-0.2, -0.15) is 0 Å². The van der Waals surface area contributed by atoms with E-state index in [0.717, 1.165) is 15.6 Å². The van der Waals surface area contributed by atoms with Crippen molar-refractivity contribution in [3.8, 4) is 17.2 Å². The van der Waals surface area contributed by atoms with Crippen molar-refractivity contribution in [2.24, 2.45) is 0 Å². The summed E-state index contributed by atoms with van der Waals surface area (Å²) in [5, 5.41) is 3.92. The number of thiocarbonyl (C=S) groups is 1. The predicted octanol–water partition coefficient (Wildman–Crippen LogP) is 6.35. The van der Waals surface area contributed by atoms with Gasteiger partial charge in [-0.3, -0.25) is 4.79 Å². The SMILES string of the molecule is CCOc1ccccc1N1C(=O)/C(=C\c2ccc(OC)c(COc3ccc(Cl)cc3Br)c2)NC1=S. The van der Waals surface area contributed by atoms with Gasteiger partial charge in [0.25, 0.3) is 5.91 Å². The minimum atomic E-state index is -0.263. The van der Waals surface area contributed by atoms with Crippen LogP contribution in [0.25, 0.3) is 6.08 Å². The Labute approximate surface area is 222 Å². The Balaban J connectivity index is 1.59. The van der Waals surface area contributed by atoms with Crippen molar-refractivity contribution in [2.75, 3.05) is 18.6 Å². The van der Waals surface area contributed by atoms with Gasteiger partial charge in [-0.1, -0.05) is 29.8 Å². The smallest absolute Gasteiger partial charge is 0.281 e. The molecule has 0 bridgehead atoms. The van der Waals surface area contributed by atoms with Crippen molar-refractivity contribution in [3.63, 3.8) is 0 Å². The molecule has 9 heteroatoms. The van der Waals surface area contributed by atoms with Crippen molar-refractivity contribution in [3.05, 3.63) is 87.0 Å². The topological polar surface area (TPSA) is 60.0 Å². The van der Waals surface area contributed by atoms with Gasteiger partial charge in [0.15, 0.2) is 5.11 Å². The number of halogens is 2. The van der Waals surface area contributed by atoms with Crippen LogP contribution >= 0.6 is 39.7 Å². The summed E-state index contributed by atoms with van der Waals surface area (Å²) < 4.78 is 17.9. The summed E-state index contributed by atoms with van der Waals surface area (Å²) in [6.45, 7) is 2.63. The Bertz CT molecular complexity index is 1310. The zero-order valence-corrected chi connectivity index (χ0v) is 22.2. The zero-order chi connectivity index (χ0) is 24.9. The fourth-order valence-electron chi connectivity index (χ4n) is 3.59. The predicted molar refractivity (Wildman–Crippen MR) is 145 cm³/mol. The monoisotopic (exact) mass is 572 g/mol. The molecule has 6 nitrogen and oxygen atoms in total. The standard InChI is InChI=1S/C26H22BrClN2O4S/c1-3-33-24-7-5-4-6-21(24)30-25(31)20(29-26(30)35)13-16-8-10-22(32-2)17(12-16)15-34-23-11-9-18(28)14-19(23)27/h4-14H,3,15H2,1-2H3,(H,29,35)/b20-13+. The summed E-state index contributed by atoms with van der Waals surface area (Å²) in [7, 11) is 1.60. The maximum absolute atomic E-state index is 13.2. The molecule has 0 atom stereocenters. The number of carbonyl (C=O) groups is 1. The molecule has 1 saturated heterocycles. The number of hydrogen-bond donors (Lipinski definition) is 1. The van der Waals surface area contributed by atoms with E-state index in [1.54, 1.807) is 37.5 Å². The van der Waals surface area contributed by atoms with E-state index >= 15 is 0 Å². The number of hydrogen-bond acceptors (Lipinski definition) is 5. The average Bonchev–Trinajstić information content (AvgIpc) is 3.11. The Hall–Kier alpha value is -3.07. The van der Waals surface area contributed by atoms with Gasteiger partial charge in [-0.15, -0.1) is 0 Å². The van der Waals surface area contributed by atoms with Crippen LogP contribution in [0, 0.1) is 0 Å². The molecule has 0 aromatic heterocycles. The number of carbonyl (C=O) groups excluding carboxylic acids is 1. The highest BCUT2D eigenvalue weighted by atomic mass is 79.9. The molecule has 0 saturated carbocycles. The van der Waals surface area contributed by atoms with Crippen LogP contribution in [-0.2, 0) is 11.4 Å². The molecular weight excluding hydrogens is 552 g/mol. The molecule has 3 aromatic carbocycles. The van der Waals surface area contributed by atoms with Crippen LogP contribution < -0.4 is 24.4 Å². The Kier molecular flexibility index (Phi) is 7.95. The summed E-state index contributed by atoms with van der Waals surface area (Å²) in [6, 6.07) is 18.2. The maximum Gasteiger partial charge on any atom is 0.281 e. The van der Waals surface area contributed by atoms with E-state index in [9.17, 15) is 4.79 Å². The highest BCUT2D eigenvalue weighted by Gasteiger charge is 2.33. The lowest BCUT2D eigenvalue weighted by molar-refractivity contribution is -0.113. The second-order valence-corrected chi connectivity index (χ2v) is 9.14. The molecule has 1 fully saturated rings. The number of benzene rings is 3. The molecule has 4 rings (SSSR count). The van der Waals surface area contributed by atoms with E-state index < -0.39 is 0 Å². The van der Waals surface area contributed by atoms with Crippen molar-refractivity contribution in [1.82, 2.24) is 5.32 Å². The zero-order valence-electron chi connectivity index (χ0n) is 19.0. The number of rotatable bonds is 8. The van der Waals surface area contributed by atoms with Gasteiger partial charge in [0.1, 0.15) is 29.6 Å². The van der Waals surface area contributed by atoms with Crippen LogP contribution in [0.5, 0.6) is 17.2 Å². The number of amides is 1. The summed E-state index contributed by atoms with van der Waals surface area (Å²) in [5.74, 6) is 1.65. The first-order valence-corrected chi connectivity index (χ1v) is 12.3. The van der Waals surface area contributed by atoms with E-state index in [-0.39, 0.29) is 17.6 Å². The van der Waals surface area contributed by atoms with Crippen LogP contribution in [0.1, 0.15) is 18.1 Å². The molecular formula is C26H22BrClN2O4S. The molecule has 3 aromatic rings. The van der Waals surface area contributed by atoms with Gasteiger partial charge in [-0.05, 0) is 89.2 Å². The van der Waals surface area contributed by atoms with Gasteiger partial charge >= 0.3 is 0 Å². The molecule has 0 aliphatic carbocycles. The summed E-state index contributed by atoms with van der Waals surface area (Å²) in [6.07, 6.45) is 1.75. The highest BCUT2D eigenvalue weighted by molar-refractivity contribution is 9.10. The van der Waals surface area contributed by atoms with Crippen LogP contribution in [0.2, 0.25) is 5.02 Å². The van der Waals surface area contributed by atoms with E-state index in [0.29, 0.717) is 40.3 Å². The number of para-hydroxylation sites is 2. The molecule has 0 unspecified atom stereocenters. The molecule has 1 aliphatic rings. The number of methoxy groups -OCH3 is 1. The Morgan fingerprint density at radius 1 is 1.06 bits per heavy atom. The van der Waals surface area contributed by atoms with Crippen LogP contribution in [0.3, 0.4) is 0 Å². The van der Waals surface area contributed by atoms with Gasteiger partial charge in [0.2, 0.25) is 0 Å². The van der Waals surface area contributed by atoms with Crippen molar-refractivity contribution >= 4 is 62.5 Å². The van der Waals surface area contributed by atoms with Gasteiger partial charge in [-0.25, -0.2) is 4.90 Å². The summed E-state index contributed by atoms with van der Waals surface area (Å²) in [5.41, 5.74) is 2.56. The fourth-order valence-corrected chi connectivity index (χ4v) is 4.68. The van der Waals surface area contributed by atoms with Crippen molar-refractivity contribution in [1.29, 1.82) is 0 Å². The lowest BCUT2D eigenvalue weighted by Crippen LogP contribution is -2.30. The number of nitrogens with one attached hydrogen (secondary N) is 1. The summed E-state index contributed by atoms with van der Waals surface area (Å²) in [4.78, 5) is 14.7. The van der Waals surface area contributed by atoms with Crippen molar-refractivity contribution in [2.45, 2.75) is 13.5 Å². The minimum Gasteiger partial charge on any atom is -0.496 e. The molecule has 35 heavy (non-hydrogen) atoms. The third kappa shape index (κ3) is 5.61. The highest BCUT2D eigenvalue weighted by Crippen LogP contribution is 2.33. The van der Waals surface area contributed by atoms with E-state index in [1.165, 1.54) is 4.90 Å². The van der Waals surface area contributed by atoms with Crippen LogP contribution in [0.15, 0.2) is 70.8 Å². The van der Waals surface area contributed by atoms with Crippen molar-refractivity contribution < 1.29 is 19.0 Å². The third-order valence-electron chi connectivity index (χ3n) is 5.18. The Morgan fingerprint density at radius 2 is 1.83 bits per heavy atom. The van der Waals surface area contributed by atoms with E-state index in [2.05, 4.69) is 21.2 Å². The first kappa shape index (κ1) is 25.0. The molecule has 180 valence electrons. The minimum absolute atomic E-state index is 0.258. The number of anilines is 1. The molecule has 1 N–H and O–H groups in total. The lowest BCUT2D eigenvalue weighted by atomic mass is 10.1. The first-order chi connectivity index (χ1) is 16.9. The fraction of sp³-hybridized carbons (Fsp3) is 0.154. The van der Waals surface area contributed by atoms with E-state index in [1.807, 2.05) is 43.3 Å². The third-order valence-corrected chi connectivity index (χ3v) is 6.32. The van der Waals surface area contributed by atoms with Crippen LogP contribution in [0.4, 0.5) is 5.69 Å². The average molecular weight is 574 g/mol. The maximum atomic E-state index is 13.2. The molecule has 1 amide bonds.